The second-order valence-corrected chi connectivity index (χ2v) is 8.33. The van der Waals surface area contributed by atoms with Crippen LogP contribution in [-0.4, -0.2) is 11.1 Å². The molecule has 1 aliphatic rings. The van der Waals surface area contributed by atoms with Crippen molar-refractivity contribution in [1.29, 1.82) is 0 Å². The van der Waals surface area contributed by atoms with Gasteiger partial charge >= 0.3 is 5.97 Å². The van der Waals surface area contributed by atoms with E-state index in [1.54, 1.807) is 12.1 Å². The summed E-state index contributed by atoms with van der Waals surface area (Å²) in [6.07, 6.45) is 0.803. The van der Waals surface area contributed by atoms with Crippen molar-refractivity contribution in [1.82, 2.24) is 0 Å². The number of carbonyl (C=O) groups is 1. The van der Waals surface area contributed by atoms with E-state index in [4.69, 9.17) is 4.74 Å². The van der Waals surface area contributed by atoms with E-state index in [1.165, 1.54) is 27.8 Å². The fourth-order valence-electron chi connectivity index (χ4n) is 4.45. The first kappa shape index (κ1) is 20.2. The molecule has 32 heavy (non-hydrogen) atoms. The van der Waals surface area contributed by atoms with Crippen LogP contribution >= 0.6 is 0 Å². The lowest BCUT2D eigenvalue weighted by Gasteiger charge is -2.26. The summed E-state index contributed by atoms with van der Waals surface area (Å²) < 4.78 is 6.26. The minimum Gasteiger partial charge on any atom is -0.478 e. The van der Waals surface area contributed by atoms with Crippen molar-refractivity contribution in [2.24, 2.45) is 0 Å². The van der Waals surface area contributed by atoms with Crippen molar-refractivity contribution in [2.45, 2.75) is 26.1 Å². The molecule has 0 saturated heterocycles. The van der Waals surface area contributed by atoms with Gasteiger partial charge in [0.1, 0.15) is 0 Å². The minimum atomic E-state index is -0.914. The Labute approximate surface area is 187 Å². The predicted octanol–water partition coefficient (Wildman–Crippen LogP) is 6.84. The molecule has 1 aliphatic heterocycles. The molecule has 5 rings (SSSR count). The number of aryl methyl sites for hydroxylation is 1. The third-order valence-corrected chi connectivity index (χ3v) is 6.13. The standard InChI is InChI=1S/C29H24O3/c1-19-6-4-7-20(14-19)21-8-5-9-24(15-21)28-17-22-12-13-23(16-25(22)18-32-28)26-10-2-3-11-27(26)29(30)31/h2-16,28H,17-18H2,1H3,(H,30,31). The van der Waals surface area contributed by atoms with E-state index in [1.807, 2.05) is 18.2 Å². The van der Waals surface area contributed by atoms with E-state index in [0.717, 1.165) is 23.1 Å². The summed E-state index contributed by atoms with van der Waals surface area (Å²) in [6, 6.07) is 30.5. The van der Waals surface area contributed by atoms with Crippen LogP contribution in [0.15, 0.2) is 91.0 Å². The van der Waals surface area contributed by atoms with Crippen LogP contribution in [0, 0.1) is 6.92 Å². The van der Waals surface area contributed by atoms with E-state index >= 15 is 0 Å². The van der Waals surface area contributed by atoms with Gasteiger partial charge < -0.3 is 9.84 Å². The molecule has 0 amide bonds. The maximum absolute atomic E-state index is 11.6. The van der Waals surface area contributed by atoms with Gasteiger partial charge in [0.05, 0.1) is 18.3 Å². The lowest BCUT2D eigenvalue weighted by Crippen LogP contribution is -2.15. The number of hydrogen-bond donors (Lipinski definition) is 1. The Kier molecular flexibility index (Phi) is 5.34. The average molecular weight is 421 g/mol. The fourth-order valence-corrected chi connectivity index (χ4v) is 4.45. The van der Waals surface area contributed by atoms with E-state index in [2.05, 4.69) is 67.6 Å². The van der Waals surface area contributed by atoms with Crippen molar-refractivity contribution in [3.63, 3.8) is 0 Å². The van der Waals surface area contributed by atoms with E-state index in [0.29, 0.717) is 12.2 Å². The van der Waals surface area contributed by atoms with Gasteiger partial charge in [0, 0.05) is 6.42 Å². The van der Waals surface area contributed by atoms with Crippen LogP contribution in [0.4, 0.5) is 0 Å². The molecule has 3 nitrogen and oxygen atoms in total. The minimum absolute atomic E-state index is 0.00409. The van der Waals surface area contributed by atoms with Gasteiger partial charge in [-0.3, -0.25) is 0 Å². The average Bonchev–Trinajstić information content (AvgIpc) is 2.83. The van der Waals surface area contributed by atoms with Gasteiger partial charge in [-0.15, -0.1) is 0 Å². The molecule has 3 heteroatoms. The van der Waals surface area contributed by atoms with Crippen molar-refractivity contribution in [3.8, 4) is 22.3 Å². The highest BCUT2D eigenvalue weighted by molar-refractivity contribution is 5.96. The third-order valence-electron chi connectivity index (χ3n) is 6.13. The Bertz CT molecular complexity index is 1310. The molecule has 158 valence electrons. The number of benzene rings is 4. The van der Waals surface area contributed by atoms with Crippen LogP contribution in [-0.2, 0) is 17.8 Å². The van der Waals surface area contributed by atoms with Crippen molar-refractivity contribution in [2.75, 3.05) is 0 Å². The number of aromatic carboxylic acids is 1. The zero-order valence-corrected chi connectivity index (χ0v) is 17.9. The lowest BCUT2D eigenvalue weighted by molar-refractivity contribution is 0.0275. The molecule has 0 spiro atoms. The van der Waals surface area contributed by atoms with E-state index < -0.39 is 5.97 Å². The van der Waals surface area contributed by atoms with Crippen LogP contribution in [0.5, 0.6) is 0 Å². The summed E-state index contributed by atoms with van der Waals surface area (Å²) in [7, 11) is 0. The summed E-state index contributed by atoms with van der Waals surface area (Å²) in [5.41, 5.74) is 9.15. The molecule has 0 radical (unpaired) electrons. The fraction of sp³-hybridized carbons (Fsp3) is 0.138. The number of fused-ring (bicyclic) bond motifs is 1. The summed E-state index contributed by atoms with van der Waals surface area (Å²) in [5.74, 6) is -0.914. The number of carboxylic acids is 1. The predicted molar refractivity (Wildman–Crippen MR) is 127 cm³/mol. The normalized spacial score (nSPS) is 15.2. The van der Waals surface area contributed by atoms with Crippen molar-refractivity contribution >= 4 is 5.97 Å². The van der Waals surface area contributed by atoms with Crippen molar-refractivity contribution in [3.05, 3.63) is 119 Å². The Balaban J connectivity index is 1.42. The molecule has 4 aromatic rings. The largest absolute Gasteiger partial charge is 0.478 e. The highest BCUT2D eigenvalue weighted by Gasteiger charge is 2.22. The van der Waals surface area contributed by atoms with E-state index in [9.17, 15) is 9.90 Å². The molecule has 1 unspecified atom stereocenters. The Hall–Kier alpha value is -3.69. The third kappa shape index (κ3) is 3.95. The number of rotatable bonds is 4. The summed E-state index contributed by atoms with van der Waals surface area (Å²) in [4.78, 5) is 11.6. The molecule has 4 aromatic carbocycles. The zero-order valence-electron chi connectivity index (χ0n) is 17.9. The Morgan fingerprint density at radius 3 is 2.41 bits per heavy atom. The first-order chi connectivity index (χ1) is 15.6. The first-order valence-electron chi connectivity index (χ1n) is 10.8. The van der Waals surface area contributed by atoms with Crippen LogP contribution in [0.1, 0.15) is 38.7 Å². The van der Waals surface area contributed by atoms with Crippen LogP contribution in [0.25, 0.3) is 22.3 Å². The first-order valence-corrected chi connectivity index (χ1v) is 10.8. The molecular weight excluding hydrogens is 396 g/mol. The maximum Gasteiger partial charge on any atom is 0.336 e. The molecule has 0 fully saturated rings. The summed E-state index contributed by atoms with van der Waals surface area (Å²) in [6.45, 7) is 2.62. The Morgan fingerprint density at radius 2 is 1.59 bits per heavy atom. The molecule has 1 heterocycles. The summed E-state index contributed by atoms with van der Waals surface area (Å²) >= 11 is 0. The number of ether oxygens (including phenoxy) is 1. The summed E-state index contributed by atoms with van der Waals surface area (Å²) in [5, 5.41) is 9.52. The van der Waals surface area contributed by atoms with Gasteiger partial charge in [-0.2, -0.15) is 0 Å². The van der Waals surface area contributed by atoms with Gasteiger partial charge in [-0.05, 0) is 64.1 Å². The maximum atomic E-state index is 11.6. The van der Waals surface area contributed by atoms with Gasteiger partial charge in [-0.1, -0.05) is 78.4 Å². The van der Waals surface area contributed by atoms with Crippen LogP contribution < -0.4 is 0 Å². The number of hydrogen-bond acceptors (Lipinski definition) is 2. The second kappa shape index (κ2) is 8.45. The van der Waals surface area contributed by atoms with Crippen molar-refractivity contribution < 1.29 is 14.6 Å². The van der Waals surface area contributed by atoms with Gasteiger partial charge in [0.15, 0.2) is 0 Å². The molecule has 1 atom stereocenters. The molecule has 0 aliphatic carbocycles. The quantitative estimate of drug-likeness (QED) is 0.393. The smallest absolute Gasteiger partial charge is 0.336 e. The van der Waals surface area contributed by atoms with Crippen LogP contribution in [0.3, 0.4) is 0 Å². The monoisotopic (exact) mass is 420 g/mol. The SMILES string of the molecule is Cc1cccc(-c2cccc(C3Cc4ccc(-c5ccccc5C(=O)O)cc4CO3)c2)c1. The second-order valence-electron chi connectivity index (χ2n) is 8.33. The van der Waals surface area contributed by atoms with Gasteiger partial charge in [0.2, 0.25) is 0 Å². The zero-order chi connectivity index (χ0) is 22.1. The lowest BCUT2D eigenvalue weighted by atomic mass is 9.90. The molecule has 0 bridgehead atoms. The molecule has 0 aromatic heterocycles. The number of carboxylic acid groups (broad SMARTS) is 1. The molecular formula is C29H24O3. The topological polar surface area (TPSA) is 46.5 Å². The van der Waals surface area contributed by atoms with Crippen LogP contribution in [0.2, 0.25) is 0 Å². The highest BCUT2D eigenvalue weighted by Crippen LogP contribution is 2.35. The molecule has 0 saturated carbocycles. The van der Waals surface area contributed by atoms with E-state index in [-0.39, 0.29) is 6.10 Å². The van der Waals surface area contributed by atoms with Gasteiger partial charge in [0.25, 0.3) is 0 Å². The highest BCUT2D eigenvalue weighted by atomic mass is 16.5. The van der Waals surface area contributed by atoms with Gasteiger partial charge in [-0.25, -0.2) is 4.79 Å². The Morgan fingerprint density at radius 1 is 0.812 bits per heavy atom. The molecule has 1 N–H and O–H groups in total.